The summed E-state index contributed by atoms with van der Waals surface area (Å²) in [5.41, 5.74) is 4.10. The van der Waals surface area contributed by atoms with E-state index in [1.54, 1.807) is 6.21 Å². The molecular weight excluding hydrogens is 326 g/mol. The van der Waals surface area contributed by atoms with Gasteiger partial charge in [-0.15, -0.1) is 0 Å². The molecule has 0 bridgehead atoms. The Balaban J connectivity index is 1.43. The van der Waals surface area contributed by atoms with Crippen molar-refractivity contribution in [2.75, 3.05) is 29.9 Å². The summed E-state index contributed by atoms with van der Waals surface area (Å²) < 4.78 is 0. The predicted molar refractivity (Wildman–Crippen MR) is 106 cm³/mol. The lowest BCUT2D eigenvalue weighted by molar-refractivity contribution is -0.120. The molecule has 1 fully saturated rings. The first-order valence-electron chi connectivity index (χ1n) is 9.07. The summed E-state index contributed by atoms with van der Waals surface area (Å²) in [7, 11) is 0. The monoisotopic (exact) mass is 351 g/mol. The van der Waals surface area contributed by atoms with Crippen molar-refractivity contribution >= 4 is 23.5 Å². The minimum Gasteiger partial charge on any atom is -0.386 e. The molecule has 2 aromatic carbocycles. The normalized spacial score (nSPS) is 14.4. The molecule has 1 heterocycles. The van der Waals surface area contributed by atoms with E-state index in [1.807, 2.05) is 43.3 Å². The Labute approximate surface area is 154 Å². The Bertz CT molecular complexity index is 733. The van der Waals surface area contributed by atoms with Crippen molar-refractivity contribution in [3.05, 3.63) is 59.7 Å². The molecule has 1 aliphatic heterocycles. The minimum atomic E-state index is -0.225. The molecule has 0 radical (unpaired) electrons. The number of carbonyl (C=O) groups excluding carboxylic acids is 1. The SMILES string of the molecule is Cc1ccc(/C=N\OCC(=O)Nc2ccc(N3CCCCC3)cc2)cc1. The molecule has 0 spiro atoms. The molecule has 1 saturated heterocycles. The quantitative estimate of drug-likeness (QED) is 0.633. The minimum absolute atomic E-state index is 0.115. The number of nitrogens with zero attached hydrogens (tertiary/aromatic N) is 2. The molecule has 0 unspecified atom stereocenters. The zero-order valence-corrected chi connectivity index (χ0v) is 15.1. The highest BCUT2D eigenvalue weighted by Gasteiger charge is 2.11. The van der Waals surface area contributed by atoms with Crippen molar-refractivity contribution in [3.8, 4) is 0 Å². The number of rotatable bonds is 6. The number of benzene rings is 2. The van der Waals surface area contributed by atoms with Crippen LogP contribution in [-0.2, 0) is 9.63 Å². The molecule has 0 saturated carbocycles. The molecule has 0 atom stereocenters. The highest BCUT2D eigenvalue weighted by atomic mass is 16.6. The fourth-order valence-corrected chi connectivity index (χ4v) is 2.95. The van der Waals surface area contributed by atoms with Crippen LogP contribution in [-0.4, -0.2) is 31.8 Å². The maximum absolute atomic E-state index is 11.9. The van der Waals surface area contributed by atoms with E-state index in [2.05, 4.69) is 27.5 Å². The van der Waals surface area contributed by atoms with Crippen LogP contribution in [0.5, 0.6) is 0 Å². The van der Waals surface area contributed by atoms with Crippen molar-refractivity contribution in [1.82, 2.24) is 0 Å². The lowest BCUT2D eigenvalue weighted by atomic mass is 10.1. The van der Waals surface area contributed by atoms with Crippen molar-refractivity contribution in [1.29, 1.82) is 0 Å². The lowest BCUT2D eigenvalue weighted by Crippen LogP contribution is -2.29. The maximum atomic E-state index is 11.9. The number of hydrogen-bond acceptors (Lipinski definition) is 4. The summed E-state index contributed by atoms with van der Waals surface area (Å²) in [5.74, 6) is -0.225. The summed E-state index contributed by atoms with van der Waals surface area (Å²) in [6.45, 7) is 4.13. The molecule has 1 N–H and O–H groups in total. The van der Waals surface area contributed by atoms with Crippen LogP contribution in [0.2, 0.25) is 0 Å². The number of hydrogen-bond donors (Lipinski definition) is 1. The molecule has 5 nitrogen and oxygen atoms in total. The van der Waals surface area contributed by atoms with Gasteiger partial charge in [-0.05, 0) is 56.0 Å². The van der Waals surface area contributed by atoms with Gasteiger partial charge in [0.25, 0.3) is 5.91 Å². The van der Waals surface area contributed by atoms with Crippen LogP contribution in [0.15, 0.2) is 53.7 Å². The van der Waals surface area contributed by atoms with Crippen LogP contribution >= 0.6 is 0 Å². The van der Waals surface area contributed by atoms with Gasteiger partial charge in [0.05, 0.1) is 6.21 Å². The first kappa shape index (κ1) is 18.0. The van der Waals surface area contributed by atoms with Crippen molar-refractivity contribution in [2.45, 2.75) is 26.2 Å². The van der Waals surface area contributed by atoms with Crippen molar-refractivity contribution in [2.24, 2.45) is 5.16 Å². The number of amides is 1. The Kier molecular flexibility index (Phi) is 6.25. The number of anilines is 2. The van der Waals surface area contributed by atoms with Gasteiger partial charge in [0.1, 0.15) is 0 Å². The van der Waals surface area contributed by atoms with E-state index in [0.29, 0.717) is 0 Å². The highest BCUT2D eigenvalue weighted by molar-refractivity contribution is 5.92. The van der Waals surface area contributed by atoms with Gasteiger partial charge in [-0.25, -0.2) is 0 Å². The highest BCUT2D eigenvalue weighted by Crippen LogP contribution is 2.21. The lowest BCUT2D eigenvalue weighted by Gasteiger charge is -2.28. The fourth-order valence-electron chi connectivity index (χ4n) is 2.95. The summed E-state index contributed by atoms with van der Waals surface area (Å²) >= 11 is 0. The molecule has 0 aliphatic carbocycles. The second kappa shape index (κ2) is 9.04. The van der Waals surface area contributed by atoms with Crippen LogP contribution in [0.25, 0.3) is 0 Å². The third-order valence-corrected chi connectivity index (χ3v) is 4.42. The summed E-state index contributed by atoms with van der Waals surface area (Å²) in [6, 6.07) is 15.9. The van der Waals surface area contributed by atoms with Crippen LogP contribution in [0.1, 0.15) is 30.4 Å². The molecule has 5 heteroatoms. The first-order chi connectivity index (χ1) is 12.7. The van der Waals surface area contributed by atoms with Gasteiger partial charge in [-0.2, -0.15) is 0 Å². The van der Waals surface area contributed by atoms with E-state index in [-0.39, 0.29) is 12.5 Å². The Morgan fingerprint density at radius 2 is 1.77 bits per heavy atom. The second-order valence-corrected chi connectivity index (χ2v) is 6.56. The zero-order valence-electron chi connectivity index (χ0n) is 15.1. The molecule has 1 amide bonds. The average molecular weight is 351 g/mol. The van der Waals surface area contributed by atoms with Crippen molar-refractivity contribution < 1.29 is 9.63 Å². The van der Waals surface area contributed by atoms with Crippen LogP contribution < -0.4 is 10.2 Å². The van der Waals surface area contributed by atoms with Gasteiger partial charge in [0.2, 0.25) is 0 Å². The topological polar surface area (TPSA) is 53.9 Å². The predicted octanol–water partition coefficient (Wildman–Crippen LogP) is 3.97. The standard InChI is InChI=1S/C21H25N3O2/c1-17-5-7-18(8-6-17)15-22-26-16-21(25)23-19-9-11-20(12-10-19)24-13-3-2-4-14-24/h5-12,15H,2-4,13-14,16H2,1H3,(H,23,25)/b22-15-. The molecule has 3 rings (SSSR count). The van der Waals surface area contributed by atoms with Crippen LogP contribution in [0, 0.1) is 6.92 Å². The molecule has 0 aromatic heterocycles. The van der Waals surface area contributed by atoms with Gasteiger partial charge in [0, 0.05) is 24.5 Å². The Morgan fingerprint density at radius 3 is 2.46 bits per heavy atom. The number of piperidine rings is 1. The molecule has 2 aromatic rings. The Hall–Kier alpha value is -2.82. The average Bonchev–Trinajstić information content (AvgIpc) is 2.68. The summed E-state index contributed by atoms with van der Waals surface area (Å²) in [6.07, 6.45) is 5.41. The molecule has 136 valence electrons. The summed E-state index contributed by atoms with van der Waals surface area (Å²) in [5, 5.41) is 6.66. The molecule has 26 heavy (non-hydrogen) atoms. The Morgan fingerprint density at radius 1 is 1.08 bits per heavy atom. The van der Waals surface area contributed by atoms with E-state index in [9.17, 15) is 4.79 Å². The van der Waals surface area contributed by atoms with E-state index in [1.165, 1.54) is 30.5 Å². The van der Waals surface area contributed by atoms with Crippen LogP contribution in [0.4, 0.5) is 11.4 Å². The zero-order chi connectivity index (χ0) is 18.2. The second-order valence-electron chi connectivity index (χ2n) is 6.56. The van der Waals surface area contributed by atoms with Gasteiger partial charge in [0.15, 0.2) is 6.61 Å². The molecular formula is C21H25N3O2. The van der Waals surface area contributed by atoms with Crippen molar-refractivity contribution in [3.63, 3.8) is 0 Å². The largest absolute Gasteiger partial charge is 0.386 e. The van der Waals surface area contributed by atoms with Gasteiger partial charge in [-0.1, -0.05) is 35.0 Å². The maximum Gasteiger partial charge on any atom is 0.265 e. The van der Waals surface area contributed by atoms with Gasteiger partial charge >= 0.3 is 0 Å². The third kappa shape index (κ3) is 5.34. The van der Waals surface area contributed by atoms with E-state index in [4.69, 9.17) is 4.84 Å². The number of oxime groups is 1. The van der Waals surface area contributed by atoms with Gasteiger partial charge in [-0.3, -0.25) is 4.79 Å². The van der Waals surface area contributed by atoms with Crippen LogP contribution in [0.3, 0.4) is 0 Å². The van der Waals surface area contributed by atoms with E-state index >= 15 is 0 Å². The van der Waals surface area contributed by atoms with Gasteiger partial charge < -0.3 is 15.1 Å². The number of aryl methyl sites for hydroxylation is 1. The van der Waals surface area contributed by atoms with E-state index < -0.39 is 0 Å². The fraction of sp³-hybridized carbons (Fsp3) is 0.333. The molecule has 1 aliphatic rings. The first-order valence-corrected chi connectivity index (χ1v) is 9.07. The smallest absolute Gasteiger partial charge is 0.265 e. The number of nitrogens with one attached hydrogen (secondary N) is 1. The van der Waals surface area contributed by atoms with E-state index in [0.717, 1.165) is 24.3 Å². The number of carbonyl (C=O) groups is 1. The third-order valence-electron chi connectivity index (χ3n) is 4.42. The summed E-state index contributed by atoms with van der Waals surface area (Å²) in [4.78, 5) is 19.4.